The Labute approximate surface area is 293 Å². The second kappa shape index (κ2) is 17.6. The predicted octanol–water partition coefficient (Wildman–Crippen LogP) is -8.87. The van der Waals surface area contributed by atoms with Gasteiger partial charge in [-0.1, -0.05) is 0 Å². The Morgan fingerprint density at radius 3 is 1.67 bits per heavy atom. The van der Waals surface area contributed by atoms with E-state index in [1.165, 1.54) is 0 Å². The molecule has 0 aromatic carbocycles. The van der Waals surface area contributed by atoms with Crippen molar-refractivity contribution in [3.8, 4) is 0 Å². The smallest absolute Gasteiger partial charge is 0.364 e. The summed E-state index contributed by atoms with van der Waals surface area (Å²) in [6.45, 7) is -1.49. The molecule has 3 saturated heterocycles. The van der Waals surface area contributed by atoms with Crippen LogP contribution in [-0.4, -0.2) is 213 Å². The van der Waals surface area contributed by atoms with Crippen molar-refractivity contribution in [3.63, 3.8) is 0 Å². The standard InChI is InChI=1S/C28H46N2O22/c1-8(34)29-15-10(36)3-27(25(44)45,50-21(15)17(39)12(38)5-31)49-14(7-33)19(41)22-16(30-9(2)35)11(37)4-28(51-22,26(46)47)52-23-18(40)13(6-32)48-24(43)20(23)42/h10-24,31-33,36-43H,3-7H2,1-2H3,(H,29,34)(H,30,35)(H,44,45)(H,46,47)/t10-,11-,12+,13+,14+,15+,16+,17+,18-,19+,20+,21+,22+,23-,24?,27+,28-/m0/s1. The van der Waals surface area contributed by atoms with Gasteiger partial charge in [0.05, 0.1) is 44.1 Å². The van der Waals surface area contributed by atoms with E-state index >= 15 is 0 Å². The monoisotopic (exact) mass is 762 g/mol. The molecule has 0 aliphatic carbocycles. The highest BCUT2D eigenvalue weighted by atomic mass is 16.8. The van der Waals surface area contributed by atoms with Gasteiger partial charge in [0.2, 0.25) is 11.8 Å². The van der Waals surface area contributed by atoms with Crippen molar-refractivity contribution in [2.24, 2.45) is 0 Å². The molecule has 24 nitrogen and oxygen atoms in total. The molecule has 0 aromatic rings. The Bertz CT molecular complexity index is 1260. The minimum atomic E-state index is -3.17. The second-order valence-corrected chi connectivity index (χ2v) is 12.7. The molecule has 0 radical (unpaired) electrons. The van der Waals surface area contributed by atoms with Crippen LogP contribution in [0.15, 0.2) is 0 Å². The number of aliphatic hydroxyl groups is 11. The van der Waals surface area contributed by atoms with Crippen LogP contribution in [-0.2, 0) is 42.9 Å². The summed E-state index contributed by atoms with van der Waals surface area (Å²) < 4.78 is 26.9. The fourth-order valence-electron chi connectivity index (χ4n) is 6.27. The van der Waals surface area contributed by atoms with E-state index in [2.05, 4.69) is 10.6 Å². The van der Waals surface area contributed by atoms with Gasteiger partial charge in [-0.05, 0) is 0 Å². The van der Waals surface area contributed by atoms with E-state index in [1.807, 2.05) is 0 Å². The van der Waals surface area contributed by atoms with E-state index in [4.69, 9.17) is 23.7 Å². The first-order valence-corrected chi connectivity index (χ1v) is 15.8. The third-order valence-electron chi connectivity index (χ3n) is 8.86. The van der Waals surface area contributed by atoms with Crippen LogP contribution in [0.5, 0.6) is 0 Å². The Balaban J connectivity index is 2.05. The van der Waals surface area contributed by atoms with Crippen LogP contribution in [0.25, 0.3) is 0 Å². The molecule has 17 atom stereocenters. The van der Waals surface area contributed by atoms with Crippen LogP contribution in [0.1, 0.15) is 26.7 Å². The van der Waals surface area contributed by atoms with Crippen LogP contribution >= 0.6 is 0 Å². The van der Waals surface area contributed by atoms with Crippen molar-refractivity contribution in [3.05, 3.63) is 0 Å². The van der Waals surface area contributed by atoms with Gasteiger partial charge in [-0.15, -0.1) is 0 Å². The number of rotatable bonds is 15. The van der Waals surface area contributed by atoms with Gasteiger partial charge in [0.15, 0.2) is 6.29 Å². The van der Waals surface area contributed by atoms with Gasteiger partial charge in [-0.25, -0.2) is 9.59 Å². The fraction of sp³-hybridized carbons (Fsp3) is 0.857. The minimum absolute atomic E-state index is 0.806. The third-order valence-corrected chi connectivity index (χ3v) is 8.86. The molecule has 3 rings (SSSR count). The summed E-state index contributed by atoms with van der Waals surface area (Å²) in [5, 5.41) is 140. The lowest BCUT2D eigenvalue weighted by atomic mass is 9.87. The molecule has 15 N–H and O–H groups in total. The van der Waals surface area contributed by atoms with Gasteiger partial charge in [0, 0.05) is 26.7 Å². The Hall–Kier alpha value is -2.76. The molecule has 3 aliphatic rings. The summed E-state index contributed by atoms with van der Waals surface area (Å²) in [5.41, 5.74) is 0. The summed E-state index contributed by atoms with van der Waals surface area (Å²) >= 11 is 0. The number of hydrogen-bond donors (Lipinski definition) is 15. The second-order valence-electron chi connectivity index (χ2n) is 12.7. The lowest BCUT2D eigenvalue weighted by Crippen LogP contribution is -2.71. The number of carboxylic acid groups (broad SMARTS) is 2. The molecule has 3 fully saturated rings. The lowest BCUT2D eigenvalue weighted by Gasteiger charge is -2.50. The molecule has 2 amide bonds. The maximum Gasteiger partial charge on any atom is 0.364 e. The topological polar surface area (TPSA) is 401 Å². The van der Waals surface area contributed by atoms with Crippen molar-refractivity contribution >= 4 is 23.8 Å². The van der Waals surface area contributed by atoms with E-state index in [-0.39, 0.29) is 0 Å². The number of amides is 2. The first kappa shape index (κ1) is 43.6. The van der Waals surface area contributed by atoms with Crippen molar-refractivity contribution in [2.45, 2.75) is 130 Å². The lowest BCUT2D eigenvalue weighted by molar-refractivity contribution is -0.371. The van der Waals surface area contributed by atoms with Gasteiger partial charge in [-0.3, -0.25) is 9.59 Å². The largest absolute Gasteiger partial charge is 0.477 e. The van der Waals surface area contributed by atoms with E-state index in [9.17, 15) is 85.6 Å². The molecule has 3 heterocycles. The number of hydrogen-bond acceptors (Lipinski definition) is 20. The fourth-order valence-corrected chi connectivity index (χ4v) is 6.27. The zero-order valence-electron chi connectivity index (χ0n) is 27.7. The molecular weight excluding hydrogens is 716 g/mol. The van der Waals surface area contributed by atoms with Crippen LogP contribution in [0.2, 0.25) is 0 Å². The summed E-state index contributed by atoms with van der Waals surface area (Å²) in [5.74, 6) is -12.2. The van der Waals surface area contributed by atoms with Crippen molar-refractivity contribution < 1.29 is 109 Å². The van der Waals surface area contributed by atoms with Crippen molar-refractivity contribution in [1.82, 2.24) is 10.6 Å². The molecular formula is C28H46N2O22. The number of carbonyl (C=O) groups is 4. The molecule has 24 heteroatoms. The zero-order valence-corrected chi connectivity index (χ0v) is 27.7. The molecule has 3 aliphatic heterocycles. The highest BCUT2D eigenvalue weighted by Gasteiger charge is 2.61. The maximum absolute atomic E-state index is 12.7. The summed E-state index contributed by atoms with van der Waals surface area (Å²) in [4.78, 5) is 49.4. The normalized spacial score (nSPS) is 40.5. The molecule has 0 saturated carbocycles. The van der Waals surface area contributed by atoms with Crippen LogP contribution in [0.4, 0.5) is 0 Å². The summed E-state index contributed by atoms with van der Waals surface area (Å²) in [7, 11) is 0. The average molecular weight is 763 g/mol. The number of aliphatic carboxylic acids is 2. The number of carbonyl (C=O) groups excluding carboxylic acids is 2. The number of aliphatic hydroxyl groups excluding tert-OH is 11. The van der Waals surface area contributed by atoms with E-state index in [1.54, 1.807) is 0 Å². The molecule has 52 heavy (non-hydrogen) atoms. The van der Waals surface area contributed by atoms with Crippen LogP contribution in [0.3, 0.4) is 0 Å². The highest BCUT2D eigenvalue weighted by Crippen LogP contribution is 2.39. The molecule has 0 spiro atoms. The third kappa shape index (κ3) is 9.12. The first-order chi connectivity index (χ1) is 24.2. The van der Waals surface area contributed by atoms with Crippen molar-refractivity contribution in [1.29, 1.82) is 0 Å². The van der Waals surface area contributed by atoms with Crippen LogP contribution < -0.4 is 10.6 Å². The number of carboxylic acids is 2. The van der Waals surface area contributed by atoms with Gasteiger partial charge >= 0.3 is 11.9 Å². The zero-order chi connectivity index (χ0) is 39.5. The number of ether oxygens (including phenoxy) is 5. The van der Waals surface area contributed by atoms with Gasteiger partial charge in [0.25, 0.3) is 11.6 Å². The maximum atomic E-state index is 12.7. The molecule has 0 bridgehead atoms. The molecule has 1 unspecified atom stereocenters. The van der Waals surface area contributed by atoms with Gasteiger partial charge < -0.3 is 101 Å². The average Bonchev–Trinajstić information content (AvgIpc) is 3.07. The highest BCUT2D eigenvalue weighted by molar-refractivity contribution is 5.77. The van der Waals surface area contributed by atoms with Gasteiger partial charge in [0.1, 0.15) is 61.0 Å². The minimum Gasteiger partial charge on any atom is -0.477 e. The Morgan fingerprint density at radius 2 is 1.23 bits per heavy atom. The molecule has 0 aromatic heterocycles. The Kier molecular flexibility index (Phi) is 14.8. The summed E-state index contributed by atoms with van der Waals surface area (Å²) in [6.07, 6.45) is -29.6. The SMILES string of the molecule is CC(=O)N[C@H]1[C@H]([C@H](O)[C@H](O)CO)O[C@@](O[C@H](CO)[C@@H](O)[C@@H]2O[C@@](O[C@H]3[C@@H](O)[C@@H](CO)OC(O)[C@@H]3O)(C(=O)O)C[C@H](O)[C@H]2NC(C)=O)(C(=O)O)C[C@@H]1O. The quantitative estimate of drug-likeness (QED) is 0.0736. The predicted molar refractivity (Wildman–Crippen MR) is 159 cm³/mol. The van der Waals surface area contributed by atoms with Crippen molar-refractivity contribution in [2.75, 3.05) is 19.8 Å². The Morgan fingerprint density at radius 1 is 0.750 bits per heavy atom. The van der Waals surface area contributed by atoms with E-state index in [0.29, 0.717) is 0 Å². The van der Waals surface area contributed by atoms with Gasteiger partial charge in [-0.2, -0.15) is 0 Å². The summed E-state index contributed by atoms with van der Waals surface area (Å²) in [6, 6.07) is -3.42. The van der Waals surface area contributed by atoms with E-state index in [0.717, 1.165) is 13.8 Å². The van der Waals surface area contributed by atoms with Crippen LogP contribution in [0, 0.1) is 0 Å². The van der Waals surface area contributed by atoms with E-state index < -0.39 is 160 Å². The molecule has 300 valence electrons. The first-order valence-electron chi connectivity index (χ1n) is 15.8. The number of nitrogens with one attached hydrogen (secondary N) is 2.